The van der Waals surface area contributed by atoms with Gasteiger partial charge in [-0.2, -0.15) is 13.2 Å². The summed E-state index contributed by atoms with van der Waals surface area (Å²) in [5.41, 5.74) is 2.14. The van der Waals surface area contributed by atoms with Gasteiger partial charge in [0.1, 0.15) is 12.4 Å². The Bertz CT molecular complexity index is 1950. The fourth-order valence-corrected chi connectivity index (χ4v) is 6.46. The van der Waals surface area contributed by atoms with Gasteiger partial charge in [0.25, 0.3) is 0 Å². The van der Waals surface area contributed by atoms with Crippen LogP contribution in [0.5, 0.6) is 5.75 Å². The molecule has 0 aliphatic heterocycles. The number of carboxylic acids is 1. The molecule has 5 aromatic rings. The van der Waals surface area contributed by atoms with E-state index in [-0.39, 0.29) is 34.3 Å². The Kier molecular flexibility index (Phi) is 8.52. The fraction of sp³-hybridized carbons (Fsp3) is 0.171. The van der Waals surface area contributed by atoms with Crippen LogP contribution in [0.3, 0.4) is 0 Å². The van der Waals surface area contributed by atoms with Crippen molar-refractivity contribution in [3.63, 3.8) is 0 Å². The van der Waals surface area contributed by atoms with E-state index in [9.17, 15) is 31.5 Å². The highest BCUT2D eigenvalue weighted by atomic mass is 32.2. The van der Waals surface area contributed by atoms with Crippen LogP contribution in [-0.2, 0) is 28.4 Å². The maximum Gasteiger partial charge on any atom is 0.416 e. The summed E-state index contributed by atoms with van der Waals surface area (Å²) < 4.78 is 71.6. The molecular formula is C35H29F3O5S. The number of carbonyl (C=O) groups is 1. The summed E-state index contributed by atoms with van der Waals surface area (Å²) in [6.45, 7) is 3.92. The first-order valence-electron chi connectivity index (χ1n) is 13.8. The molecule has 5 nitrogen and oxygen atoms in total. The van der Waals surface area contributed by atoms with Crippen molar-refractivity contribution in [3.8, 4) is 16.9 Å². The molecule has 0 amide bonds. The van der Waals surface area contributed by atoms with Gasteiger partial charge in [-0.15, -0.1) is 0 Å². The summed E-state index contributed by atoms with van der Waals surface area (Å²) in [7, 11) is -3.87. The number of halogens is 3. The standard InChI is InChI=1S/C35H29F3O5S/c1-22(2)31-17-27(21-44(41,42)30-15-14-24-6-3-4-7-26(24)16-30)33(34(39)40)19-32(31)25-12-10-23(11-13-25)20-43-29-9-5-8-28(18-29)35(36,37)38/h3-19,22H,20-21H2,1-2H3,(H,39,40). The number of ether oxygens (including phenoxy) is 1. The SMILES string of the molecule is CC(C)c1cc(CS(=O)(=O)c2ccc3ccccc3c2)c(C(=O)O)cc1-c1ccc(COc2cccc(C(F)(F)F)c2)cc1. The molecule has 0 bridgehead atoms. The Balaban J connectivity index is 1.43. The minimum atomic E-state index is -4.47. The zero-order chi connectivity index (χ0) is 31.6. The smallest absolute Gasteiger partial charge is 0.416 e. The number of carboxylic acid groups (broad SMARTS) is 1. The van der Waals surface area contributed by atoms with Gasteiger partial charge in [-0.1, -0.05) is 80.6 Å². The molecule has 0 atom stereocenters. The second-order valence-corrected chi connectivity index (χ2v) is 12.8. The van der Waals surface area contributed by atoms with Crippen LogP contribution >= 0.6 is 0 Å². The average molecular weight is 619 g/mol. The van der Waals surface area contributed by atoms with Gasteiger partial charge in [-0.05, 0) is 80.9 Å². The molecule has 0 heterocycles. The van der Waals surface area contributed by atoms with Gasteiger partial charge in [0.2, 0.25) is 0 Å². The zero-order valence-electron chi connectivity index (χ0n) is 23.9. The summed E-state index contributed by atoms with van der Waals surface area (Å²) in [5.74, 6) is -1.68. The van der Waals surface area contributed by atoms with Crippen LogP contribution in [0.15, 0.2) is 108 Å². The fourth-order valence-electron chi connectivity index (χ4n) is 5.07. The van der Waals surface area contributed by atoms with E-state index < -0.39 is 33.3 Å². The van der Waals surface area contributed by atoms with Crippen molar-refractivity contribution < 1.29 is 36.2 Å². The predicted octanol–water partition coefficient (Wildman–Crippen LogP) is 8.90. The zero-order valence-corrected chi connectivity index (χ0v) is 24.7. The summed E-state index contributed by atoms with van der Waals surface area (Å²) in [5, 5.41) is 11.8. The van der Waals surface area contributed by atoms with Crippen LogP contribution in [0.2, 0.25) is 0 Å². The maximum atomic E-state index is 13.5. The monoisotopic (exact) mass is 618 g/mol. The topological polar surface area (TPSA) is 80.7 Å². The van der Waals surface area contributed by atoms with E-state index in [0.29, 0.717) is 16.7 Å². The van der Waals surface area contributed by atoms with Crippen LogP contribution in [0.1, 0.15) is 52.4 Å². The number of hydrogen-bond acceptors (Lipinski definition) is 4. The van der Waals surface area contributed by atoms with E-state index in [4.69, 9.17) is 4.74 Å². The first-order chi connectivity index (χ1) is 20.8. The number of rotatable bonds is 9. The van der Waals surface area contributed by atoms with E-state index >= 15 is 0 Å². The van der Waals surface area contributed by atoms with Crippen LogP contribution in [0.25, 0.3) is 21.9 Å². The third-order valence-electron chi connectivity index (χ3n) is 7.39. The second-order valence-electron chi connectivity index (χ2n) is 10.8. The van der Waals surface area contributed by atoms with Crippen molar-refractivity contribution in [1.29, 1.82) is 0 Å². The lowest BCUT2D eigenvalue weighted by atomic mass is 9.88. The van der Waals surface area contributed by atoms with Crippen molar-refractivity contribution in [2.75, 3.05) is 0 Å². The first-order valence-corrected chi connectivity index (χ1v) is 15.5. The Morgan fingerprint density at radius 1 is 0.841 bits per heavy atom. The number of benzene rings is 5. The van der Waals surface area contributed by atoms with Gasteiger partial charge < -0.3 is 9.84 Å². The molecule has 0 saturated carbocycles. The van der Waals surface area contributed by atoms with E-state index in [1.54, 1.807) is 42.5 Å². The van der Waals surface area contributed by atoms with E-state index in [1.807, 2.05) is 38.1 Å². The second kappa shape index (κ2) is 12.2. The first kappa shape index (κ1) is 30.8. The van der Waals surface area contributed by atoms with Crippen molar-refractivity contribution in [2.45, 2.75) is 43.2 Å². The maximum absolute atomic E-state index is 13.5. The lowest BCUT2D eigenvalue weighted by Gasteiger charge is -2.18. The molecule has 5 rings (SSSR count). The molecule has 44 heavy (non-hydrogen) atoms. The van der Waals surface area contributed by atoms with Gasteiger partial charge in [0.05, 0.1) is 21.8 Å². The van der Waals surface area contributed by atoms with Gasteiger partial charge in [0.15, 0.2) is 9.84 Å². The molecule has 9 heteroatoms. The number of sulfone groups is 1. The van der Waals surface area contributed by atoms with Crippen LogP contribution in [0.4, 0.5) is 13.2 Å². The van der Waals surface area contributed by atoms with Gasteiger partial charge in [-0.25, -0.2) is 13.2 Å². The van der Waals surface area contributed by atoms with Crippen LogP contribution in [0, 0.1) is 0 Å². The quantitative estimate of drug-likeness (QED) is 0.178. The molecule has 5 aromatic carbocycles. The average Bonchev–Trinajstić information content (AvgIpc) is 2.99. The number of fused-ring (bicyclic) bond motifs is 1. The van der Waals surface area contributed by atoms with Crippen LogP contribution < -0.4 is 4.74 Å². The summed E-state index contributed by atoms with van der Waals surface area (Å²) in [6.07, 6.45) is -4.47. The molecule has 0 saturated heterocycles. The summed E-state index contributed by atoms with van der Waals surface area (Å²) in [4.78, 5) is 12.5. The molecule has 0 spiro atoms. The highest BCUT2D eigenvalue weighted by Gasteiger charge is 2.30. The Morgan fingerprint density at radius 2 is 1.55 bits per heavy atom. The van der Waals surface area contributed by atoms with Gasteiger partial charge in [-0.3, -0.25) is 0 Å². The molecule has 0 fully saturated rings. The predicted molar refractivity (Wildman–Crippen MR) is 164 cm³/mol. The van der Waals surface area contributed by atoms with Crippen molar-refractivity contribution in [3.05, 3.63) is 131 Å². The lowest BCUT2D eigenvalue weighted by Crippen LogP contribution is -2.12. The molecule has 226 valence electrons. The van der Waals surface area contributed by atoms with Gasteiger partial charge >= 0.3 is 12.1 Å². The van der Waals surface area contributed by atoms with Crippen molar-refractivity contribution in [2.24, 2.45) is 0 Å². The summed E-state index contributed by atoms with van der Waals surface area (Å²) >= 11 is 0. The third-order valence-corrected chi connectivity index (χ3v) is 9.05. The minimum absolute atomic E-state index is 0.0323. The molecule has 1 N–H and O–H groups in total. The molecule has 0 unspecified atom stereocenters. The molecule has 0 aliphatic carbocycles. The lowest BCUT2D eigenvalue weighted by molar-refractivity contribution is -0.137. The largest absolute Gasteiger partial charge is 0.489 e. The third kappa shape index (κ3) is 6.78. The minimum Gasteiger partial charge on any atom is -0.489 e. The molecule has 0 aromatic heterocycles. The van der Waals surface area contributed by atoms with Crippen molar-refractivity contribution >= 4 is 26.6 Å². The molecule has 0 radical (unpaired) electrons. The highest BCUT2D eigenvalue weighted by molar-refractivity contribution is 7.90. The molecule has 0 aliphatic rings. The van der Waals surface area contributed by atoms with E-state index in [0.717, 1.165) is 28.5 Å². The number of alkyl halides is 3. The normalized spacial score (nSPS) is 12.0. The molecular weight excluding hydrogens is 589 g/mol. The van der Waals surface area contributed by atoms with Crippen LogP contribution in [-0.4, -0.2) is 19.5 Å². The van der Waals surface area contributed by atoms with Crippen molar-refractivity contribution in [1.82, 2.24) is 0 Å². The highest BCUT2D eigenvalue weighted by Crippen LogP contribution is 2.35. The Hall–Kier alpha value is -4.63. The summed E-state index contributed by atoms with van der Waals surface area (Å²) in [6, 6.07) is 27.2. The number of hydrogen-bond donors (Lipinski definition) is 1. The van der Waals surface area contributed by atoms with Gasteiger partial charge in [0, 0.05) is 0 Å². The van der Waals surface area contributed by atoms with E-state index in [1.165, 1.54) is 24.3 Å². The Morgan fingerprint density at radius 3 is 2.20 bits per heavy atom. The Labute approximate surface area is 253 Å². The van der Waals surface area contributed by atoms with E-state index in [2.05, 4.69) is 0 Å². The number of aromatic carboxylic acids is 1.